The topological polar surface area (TPSA) is 92.7 Å². The lowest BCUT2D eigenvalue weighted by atomic mass is 9.95. The lowest BCUT2D eigenvalue weighted by Crippen LogP contribution is -2.47. The molecule has 0 atom stereocenters. The maximum atomic E-state index is 13.2. The van der Waals surface area contributed by atoms with Crippen molar-refractivity contribution in [3.05, 3.63) is 88.4 Å². The fourth-order valence-corrected chi connectivity index (χ4v) is 5.94. The first-order valence-electron chi connectivity index (χ1n) is 10.5. The predicted molar refractivity (Wildman–Crippen MR) is 128 cm³/mol. The highest BCUT2D eigenvalue weighted by Crippen LogP contribution is 2.35. The number of hydrogen-bond acceptors (Lipinski definition) is 5. The summed E-state index contributed by atoms with van der Waals surface area (Å²) in [6.07, 6.45) is 0.904. The van der Waals surface area contributed by atoms with Gasteiger partial charge in [-0.25, -0.2) is 13.2 Å². The fourth-order valence-electron chi connectivity index (χ4n) is 4.24. The van der Waals surface area contributed by atoms with Gasteiger partial charge in [0.25, 0.3) is 0 Å². The molecule has 0 saturated carbocycles. The number of ether oxygens (including phenoxy) is 1. The number of carboxylic acid groups (broad SMARTS) is 1. The monoisotopic (exact) mass is 485 g/mol. The van der Waals surface area contributed by atoms with Crippen LogP contribution in [0.1, 0.15) is 16.7 Å². The van der Waals surface area contributed by atoms with Gasteiger partial charge in [0.2, 0.25) is 0 Å². The molecule has 0 spiro atoms. The molecule has 3 aromatic carbocycles. The molecule has 0 amide bonds. The van der Waals surface area contributed by atoms with Gasteiger partial charge in [-0.05, 0) is 53.4 Å². The molecule has 4 rings (SSSR count). The smallest absolute Gasteiger partial charge is 0.330 e. The van der Waals surface area contributed by atoms with Gasteiger partial charge >= 0.3 is 5.97 Å². The van der Waals surface area contributed by atoms with Crippen molar-refractivity contribution >= 4 is 33.1 Å². The Hall–Kier alpha value is -3.03. The number of halogens is 1. The standard InChI is InChI=1S/C25H24ClNO5S/c1-32-22-10-9-21(27-25(24(28)29)15-18-6-2-3-7-19(18)16-25)14-23(22)33(30,31)12-11-17-5-4-8-20(26)13-17/h2-10,13-14,27H,11-12,15-16H2,1H3,(H,28,29). The molecule has 8 heteroatoms. The lowest BCUT2D eigenvalue weighted by molar-refractivity contribution is -0.142. The van der Waals surface area contributed by atoms with Gasteiger partial charge in [-0.1, -0.05) is 48.0 Å². The molecule has 0 bridgehead atoms. The zero-order valence-electron chi connectivity index (χ0n) is 18.0. The highest BCUT2D eigenvalue weighted by atomic mass is 35.5. The highest BCUT2D eigenvalue weighted by Gasteiger charge is 2.44. The Labute approximate surface area is 198 Å². The van der Waals surface area contributed by atoms with Crippen molar-refractivity contribution in [2.45, 2.75) is 29.7 Å². The van der Waals surface area contributed by atoms with Crippen molar-refractivity contribution in [3.63, 3.8) is 0 Å². The summed E-state index contributed by atoms with van der Waals surface area (Å²) in [6.45, 7) is 0. The van der Waals surface area contributed by atoms with E-state index in [0.29, 0.717) is 23.6 Å². The van der Waals surface area contributed by atoms with Crippen LogP contribution in [0.25, 0.3) is 0 Å². The number of benzene rings is 3. The second-order valence-electron chi connectivity index (χ2n) is 8.20. The third-order valence-corrected chi connectivity index (χ3v) is 7.91. The average molecular weight is 486 g/mol. The Morgan fingerprint density at radius 3 is 2.36 bits per heavy atom. The third-order valence-electron chi connectivity index (χ3n) is 5.94. The number of anilines is 1. The van der Waals surface area contributed by atoms with Gasteiger partial charge in [0.1, 0.15) is 16.2 Å². The molecule has 3 aromatic rings. The van der Waals surface area contributed by atoms with Crippen LogP contribution in [0.4, 0.5) is 5.69 Å². The predicted octanol–water partition coefficient (Wildman–Crippen LogP) is 4.40. The van der Waals surface area contributed by atoms with Crippen LogP contribution in [0.2, 0.25) is 5.02 Å². The first-order chi connectivity index (χ1) is 15.7. The average Bonchev–Trinajstić information content (AvgIpc) is 3.17. The number of methoxy groups -OCH3 is 1. The minimum absolute atomic E-state index is 0.0214. The minimum Gasteiger partial charge on any atom is -0.495 e. The quantitative estimate of drug-likeness (QED) is 0.491. The molecule has 0 heterocycles. The van der Waals surface area contributed by atoms with Crippen molar-refractivity contribution in [1.29, 1.82) is 0 Å². The van der Waals surface area contributed by atoms with E-state index in [2.05, 4.69) is 5.32 Å². The summed E-state index contributed by atoms with van der Waals surface area (Å²) < 4.78 is 31.7. The zero-order valence-corrected chi connectivity index (χ0v) is 19.6. The van der Waals surface area contributed by atoms with E-state index in [-0.39, 0.29) is 22.8 Å². The molecule has 172 valence electrons. The largest absolute Gasteiger partial charge is 0.495 e. The lowest BCUT2D eigenvalue weighted by Gasteiger charge is -2.27. The van der Waals surface area contributed by atoms with Crippen LogP contribution < -0.4 is 10.1 Å². The molecule has 33 heavy (non-hydrogen) atoms. The summed E-state index contributed by atoms with van der Waals surface area (Å²) in [7, 11) is -2.31. The van der Waals surface area contributed by atoms with Crippen LogP contribution in [0.3, 0.4) is 0 Å². The summed E-state index contributed by atoms with van der Waals surface area (Å²) in [4.78, 5) is 12.3. The molecule has 0 fully saturated rings. The normalized spacial score (nSPS) is 14.5. The van der Waals surface area contributed by atoms with Crippen molar-refractivity contribution < 1.29 is 23.1 Å². The van der Waals surface area contributed by atoms with Gasteiger partial charge in [0, 0.05) is 23.6 Å². The summed E-state index contributed by atoms with van der Waals surface area (Å²) in [5, 5.41) is 13.7. The zero-order chi connectivity index (χ0) is 23.6. The van der Waals surface area contributed by atoms with Gasteiger partial charge < -0.3 is 15.2 Å². The summed E-state index contributed by atoms with van der Waals surface area (Å²) >= 11 is 6.01. The number of fused-ring (bicyclic) bond motifs is 1. The van der Waals surface area contributed by atoms with E-state index >= 15 is 0 Å². The van der Waals surface area contributed by atoms with E-state index in [1.165, 1.54) is 13.2 Å². The number of carbonyl (C=O) groups is 1. The number of nitrogens with one attached hydrogen (secondary N) is 1. The second-order valence-corrected chi connectivity index (χ2v) is 10.7. The Morgan fingerprint density at radius 1 is 1.06 bits per heavy atom. The number of sulfone groups is 1. The van der Waals surface area contributed by atoms with Crippen LogP contribution in [-0.2, 0) is 33.9 Å². The van der Waals surface area contributed by atoms with Crippen LogP contribution in [0.15, 0.2) is 71.6 Å². The second kappa shape index (κ2) is 9.08. The van der Waals surface area contributed by atoms with Crippen molar-refractivity contribution in [3.8, 4) is 5.75 Å². The van der Waals surface area contributed by atoms with Crippen LogP contribution in [-0.4, -0.2) is 37.9 Å². The van der Waals surface area contributed by atoms with E-state index in [4.69, 9.17) is 16.3 Å². The minimum atomic E-state index is -3.72. The molecule has 1 aliphatic carbocycles. The maximum absolute atomic E-state index is 13.2. The van der Waals surface area contributed by atoms with Crippen LogP contribution >= 0.6 is 11.6 Å². The van der Waals surface area contributed by atoms with Crippen LogP contribution in [0.5, 0.6) is 5.75 Å². The molecule has 0 aromatic heterocycles. The molecule has 0 radical (unpaired) electrons. The SMILES string of the molecule is COc1ccc(NC2(C(=O)O)Cc3ccccc3C2)cc1S(=O)(=O)CCc1cccc(Cl)c1. The van der Waals surface area contributed by atoms with Gasteiger partial charge in [-0.2, -0.15) is 0 Å². The maximum Gasteiger partial charge on any atom is 0.330 e. The molecule has 2 N–H and O–H groups in total. The molecule has 0 aliphatic heterocycles. The Bertz CT molecular complexity index is 1280. The molecule has 0 unspecified atom stereocenters. The molecular weight excluding hydrogens is 462 g/mol. The van der Waals surface area contributed by atoms with E-state index in [9.17, 15) is 18.3 Å². The van der Waals surface area contributed by atoms with Crippen molar-refractivity contribution in [1.82, 2.24) is 0 Å². The number of carboxylic acids is 1. The van der Waals surface area contributed by atoms with E-state index < -0.39 is 21.3 Å². The Balaban J connectivity index is 1.62. The molecule has 6 nitrogen and oxygen atoms in total. The van der Waals surface area contributed by atoms with Gasteiger partial charge in [-0.3, -0.25) is 0 Å². The van der Waals surface area contributed by atoms with E-state index in [1.807, 2.05) is 30.3 Å². The Kier molecular flexibility index (Phi) is 6.36. The first-order valence-corrected chi connectivity index (χ1v) is 12.5. The Morgan fingerprint density at radius 2 is 1.76 bits per heavy atom. The van der Waals surface area contributed by atoms with E-state index in [1.54, 1.807) is 30.3 Å². The van der Waals surface area contributed by atoms with Crippen molar-refractivity contribution in [2.24, 2.45) is 0 Å². The molecule has 0 saturated heterocycles. The fraction of sp³-hybridized carbons (Fsp3) is 0.240. The van der Waals surface area contributed by atoms with E-state index in [0.717, 1.165) is 16.7 Å². The third kappa shape index (κ3) is 4.84. The van der Waals surface area contributed by atoms with Gasteiger partial charge in [-0.15, -0.1) is 0 Å². The first kappa shape index (κ1) is 23.1. The van der Waals surface area contributed by atoms with Crippen LogP contribution in [0, 0.1) is 0 Å². The summed E-state index contributed by atoms with van der Waals surface area (Å²) in [5.74, 6) is -0.909. The number of aliphatic carboxylic acids is 1. The number of hydrogen-bond donors (Lipinski definition) is 2. The number of aryl methyl sites for hydroxylation is 1. The van der Waals surface area contributed by atoms with Gasteiger partial charge in [0.05, 0.1) is 12.9 Å². The van der Waals surface area contributed by atoms with Crippen molar-refractivity contribution in [2.75, 3.05) is 18.2 Å². The highest BCUT2D eigenvalue weighted by molar-refractivity contribution is 7.91. The summed E-state index contributed by atoms with van der Waals surface area (Å²) in [6, 6.07) is 19.3. The number of rotatable bonds is 8. The van der Waals surface area contributed by atoms with Gasteiger partial charge in [0.15, 0.2) is 9.84 Å². The summed E-state index contributed by atoms with van der Waals surface area (Å²) in [5.41, 5.74) is 1.91. The molecular formula is C25H24ClNO5S. The molecule has 1 aliphatic rings.